The van der Waals surface area contributed by atoms with E-state index in [0.29, 0.717) is 21.8 Å². The smallest absolute Gasteiger partial charge is 0.283 e. The molecule has 0 atom stereocenters. The van der Waals surface area contributed by atoms with E-state index in [1.807, 2.05) is 37.3 Å². The Morgan fingerprint density at radius 1 is 1.10 bits per heavy atom. The molecule has 2 heterocycles. The van der Waals surface area contributed by atoms with Crippen LogP contribution in [0.1, 0.15) is 11.3 Å². The molecule has 0 aliphatic carbocycles. The number of rotatable bonds is 3. The minimum atomic E-state index is 0.360. The van der Waals surface area contributed by atoms with Crippen molar-refractivity contribution in [3.63, 3.8) is 0 Å². The van der Waals surface area contributed by atoms with Gasteiger partial charge < -0.3 is 4.42 Å². The molecule has 0 N–H and O–H groups in total. The lowest BCUT2D eigenvalue weighted by molar-refractivity contribution is 0.465. The standard InChI is InChI=1S/C15H10N4OS/c1-10-5-7-11(8-6-10)14-18-19-15(20-14)21-13-4-2-3-12(9-16)17-13/h2-8H,1H3. The Balaban J connectivity index is 1.82. The van der Waals surface area contributed by atoms with Gasteiger partial charge in [0, 0.05) is 5.56 Å². The van der Waals surface area contributed by atoms with Gasteiger partial charge in [-0.2, -0.15) is 5.26 Å². The molecule has 5 nitrogen and oxygen atoms in total. The minimum Gasteiger partial charge on any atom is -0.411 e. The number of hydrogen-bond donors (Lipinski definition) is 0. The largest absolute Gasteiger partial charge is 0.411 e. The number of nitrogens with zero attached hydrogens (tertiary/aromatic N) is 4. The van der Waals surface area contributed by atoms with Crippen LogP contribution in [0.3, 0.4) is 0 Å². The summed E-state index contributed by atoms with van der Waals surface area (Å²) < 4.78 is 5.60. The first-order chi connectivity index (χ1) is 10.2. The van der Waals surface area contributed by atoms with E-state index in [0.717, 1.165) is 5.56 Å². The lowest BCUT2D eigenvalue weighted by atomic mass is 10.1. The maximum Gasteiger partial charge on any atom is 0.283 e. The molecule has 0 saturated heterocycles. The number of aromatic nitrogens is 3. The van der Waals surface area contributed by atoms with Crippen LogP contribution in [0, 0.1) is 18.3 Å². The first-order valence-electron chi connectivity index (χ1n) is 6.20. The highest BCUT2D eigenvalue weighted by Gasteiger charge is 2.10. The van der Waals surface area contributed by atoms with Gasteiger partial charge in [0.2, 0.25) is 5.89 Å². The molecular formula is C15H10N4OS. The van der Waals surface area contributed by atoms with Crippen molar-refractivity contribution >= 4 is 11.8 Å². The lowest BCUT2D eigenvalue weighted by Gasteiger charge is -1.96. The Hall–Kier alpha value is -2.65. The monoisotopic (exact) mass is 294 g/mol. The summed E-state index contributed by atoms with van der Waals surface area (Å²) in [6.45, 7) is 2.02. The topological polar surface area (TPSA) is 75.6 Å². The van der Waals surface area contributed by atoms with E-state index in [1.54, 1.807) is 18.2 Å². The molecular weight excluding hydrogens is 284 g/mol. The van der Waals surface area contributed by atoms with Gasteiger partial charge in [0.1, 0.15) is 16.8 Å². The molecule has 0 aliphatic rings. The van der Waals surface area contributed by atoms with E-state index < -0.39 is 0 Å². The van der Waals surface area contributed by atoms with Gasteiger partial charge in [0.25, 0.3) is 5.22 Å². The summed E-state index contributed by atoms with van der Waals surface area (Å²) in [7, 11) is 0. The van der Waals surface area contributed by atoms with Crippen LogP contribution in [0.5, 0.6) is 0 Å². The number of benzene rings is 1. The maximum absolute atomic E-state index is 8.83. The van der Waals surface area contributed by atoms with E-state index in [4.69, 9.17) is 9.68 Å². The van der Waals surface area contributed by atoms with Crippen molar-refractivity contribution in [2.24, 2.45) is 0 Å². The average molecular weight is 294 g/mol. The van der Waals surface area contributed by atoms with Crippen LogP contribution < -0.4 is 0 Å². The predicted molar refractivity (Wildman–Crippen MR) is 77.5 cm³/mol. The normalized spacial score (nSPS) is 10.3. The molecule has 6 heteroatoms. The highest BCUT2D eigenvalue weighted by Crippen LogP contribution is 2.28. The van der Waals surface area contributed by atoms with Gasteiger partial charge in [-0.05, 0) is 43.0 Å². The SMILES string of the molecule is Cc1ccc(-c2nnc(Sc3cccc(C#N)n3)o2)cc1. The first kappa shape index (κ1) is 13.3. The minimum absolute atomic E-state index is 0.360. The molecule has 21 heavy (non-hydrogen) atoms. The summed E-state index contributed by atoms with van der Waals surface area (Å²) in [6, 6.07) is 15.1. The Labute approximate surface area is 125 Å². The number of pyridine rings is 1. The molecule has 0 bridgehead atoms. The molecule has 0 fully saturated rings. The summed E-state index contributed by atoms with van der Waals surface area (Å²) in [4.78, 5) is 4.15. The third-order valence-corrected chi connectivity index (χ3v) is 3.51. The zero-order valence-electron chi connectivity index (χ0n) is 11.1. The van der Waals surface area contributed by atoms with Gasteiger partial charge in [-0.25, -0.2) is 4.98 Å². The summed E-state index contributed by atoms with van der Waals surface area (Å²) in [5.74, 6) is 0.467. The Bertz CT molecular complexity index is 805. The second-order valence-electron chi connectivity index (χ2n) is 4.31. The fourth-order valence-electron chi connectivity index (χ4n) is 1.69. The van der Waals surface area contributed by atoms with E-state index in [1.165, 1.54) is 17.3 Å². The van der Waals surface area contributed by atoms with Crippen LogP contribution in [-0.2, 0) is 0 Å². The second kappa shape index (κ2) is 5.77. The lowest BCUT2D eigenvalue weighted by Crippen LogP contribution is -1.84. The third-order valence-electron chi connectivity index (χ3n) is 2.73. The Morgan fingerprint density at radius 2 is 1.90 bits per heavy atom. The van der Waals surface area contributed by atoms with E-state index in [9.17, 15) is 0 Å². The summed E-state index contributed by atoms with van der Waals surface area (Å²) >= 11 is 1.23. The van der Waals surface area contributed by atoms with Crippen LogP contribution in [0.25, 0.3) is 11.5 Å². The van der Waals surface area contributed by atoms with Crippen molar-refractivity contribution in [1.82, 2.24) is 15.2 Å². The summed E-state index contributed by atoms with van der Waals surface area (Å²) in [5.41, 5.74) is 2.40. The van der Waals surface area contributed by atoms with Gasteiger partial charge in [-0.3, -0.25) is 0 Å². The molecule has 0 aliphatic heterocycles. The van der Waals surface area contributed by atoms with Crippen molar-refractivity contribution in [1.29, 1.82) is 5.26 Å². The summed E-state index contributed by atoms with van der Waals surface area (Å²) in [5, 5.41) is 17.9. The van der Waals surface area contributed by atoms with Crippen molar-refractivity contribution in [2.75, 3.05) is 0 Å². The average Bonchev–Trinajstić information content (AvgIpc) is 2.96. The fraction of sp³-hybridized carbons (Fsp3) is 0.0667. The van der Waals surface area contributed by atoms with Crippen LogP contribution in [-0.4, -0.2) is 15.2 Å². The van der Waals surface area contributed by atoms with Crippen LogP contribution in [0.2, 0.25) is 0 Å². The maximum atomic E-state index is 8.83. The summed E-state index contributed by atoms with van der Waals surface area (Å²) in [6.07, 6.45) is 0. The van der Waals surface area contributed by atoms with Gasteiger partial charge >= 0.3 is 0 Å². The van der Waals surface area contributed by atoms with Gasteiger partial charge in [-0.1, -0.05) is 23.8 Å². The highest BCUT2D eigenvalue weighted by atomic mass is 32.2. The Morgan fingerprint density at radius 3 is 2.67 bits per heavy atom. The van der Waals surface area contributed by atoms with Gasteiger partial charge in [-0.15, -0.1) is 10.2 Å². The van der Waals surface area contributed by atoms with Crippen molar-refractivity contribution < 1.29 is 4.42 Å². The zero-order valence-corrected chi connectivity index (χ0v) is 12.0. The molecule has 0 unspecified atom stereocenters. The zero-order chi connectivity index (χ0) is 14.7. The quantitative estimate of drug-likeness (QED) is 0.736. The molecule has 102 valence electrons. The fourth-order valence-corrected chi connectivity index (χ4v) is 2.36. The van der Waals surface area contributed by atoms with Gasteiger partial charge in [0.15, 0.2) is 0 Å². The molecule has 0 spiro atoms. The first-order valence-corrected chi connectivity index (χ1v) is 7.02. The second-order valence-corrected chi connectivity index (χ2v) is 5.29. The molecule has 0 amide bonds. The number of hydrogen-bond acceptors (Lipinski definition) is 6. The molecule has 0 radical (unpaired) electrons. The van der Waals surface area contributed by atoms with E-state index in [2.05, 4.69) is 15.2 Å². The van der Waals surface area contributed by atoms with Crippen molar-refractivity contribution in [2.45, 2.75) is 17.2 Å². The predicted octanol–water partition coefficient (Wildman–Crippen LogP) is 3.46. The molecule has 3 aromatic rings. The van der Waals surface area contributed by atoms with Crippen LogP contribution in [0.15, 0.2) is 57.1 Å². The third kappa shape index (κ3) is 3.09. The molecule has 1 aromatic carbocycles. The molecule has 3 rings (SSSR count). The van der Waals surface area contributed by atoms with Crippen LogP contribution >= 0.6 is 11.8 Å². The number of aryl methyl sites for hydroxylation is 1. The molecule has 0 saturated carbocycles. The van der Waals surface area contributed by atoms with E-state index >= 15 is 0 Å². The van der Waals surface area contributed by atoms with Crippen molar-refractivity contribution in [3.05, 3.63) is 53.7 Å². The highest BCUT2D eigenvalue weighted by molar-refractivity contribution is 7.99. The van der Waals surface area contributed by atoms with E-state index in [-0.39, 0.29) is 0 Å². The van der Waals surface area contributed by atoms with Gasteiger partial charge in [0.05, 0.1) is 0 Å². The van der Waals surface area contributed by atoms with Crippen molar-refractivity contribution in [3.8, 4) is 17.5 Å². The number of nitriles is 1. The molecule has 2 aromatic heterocycles. The van der Waals surface area contributed by atoms with Crippen LogP contribution in [0.4, 0.5) is 0 Å². The Kier molecular flexibility index (Phi) is 3.67.